The van der Waals surface area contributed by atoms with E-state index in [4.69, 9.17) is 5.73 Å². The minimum Gasteiger partial charge on any atom is -0.365 e. The SMILES string of the molecule is CCn1cc(C(=O)Nc2c(C(N)=O)sc3nc(C(F)(F)F)cc(C)c23)cn1. The van der Waals surface area contributed by atoms with Gasteiger partial charge in [-0.1, -0.05) is 0 Å². The van der Waals surface area contributed by atoms with Gasteiger partial charge in [0.1, 0.15) is 15.4 Å². The zero-order valence-electron chi connectivity index (χ0n) is 14.2. The number of carbonyl (C=O) groups excluding carboxylic acids is 2. The van der Waals surface area contributed by atoms with Gasteiger partial charge in [-0.3, -0.25) is 14.3 Å². The zero-order chi connectivity index (χ0) is 19.9. The molecule has 0 saturated heterocycles. The lowest BCUT2D eigenvalue weighted by atomic mass is 10.1. The minimum atomic E-state index is -4.63. The van der Waals surface area contributed by atoms with Crippen LogP contribution in [-0.2, 0) is 12.7 Å². The first-order chi connectivity index (χ1) is 12.6. The Balaban J connectivity index is 2.11. The Hall–Kier alpha value is -2.95. The van der Waals surface area contributed by atoms with Crippen LogP contribution >= 0.6 is 11.3 Å². The van der Waals surface area contributed by atoms with Gasteiger partial charge >= 0.3 is 6.18 Å². The maximum absolute atomic E-state index is 13.0. The molecule has 0 fully saturated rings. The van der Waals surface area contributed by atoms with E-state index in [2.05, 4.69) is 15.4 Å². The highest BCUT2D eigenvalue weighted by molar-refractivity contribution is 7.21. The molecule has 0 saturated carbocycles. The van der Waals surface area contributed by atoms with Crippen LogP contribution in [0.15, 0.2) is 18.5 Å². The van der Waals surface area contributed by atoms with Gasteiger partial charge in [0, 0.05) is 18.1 Å². The van der Waals surface area contributed by atoms with Crippen molar-refractivity contribution >= 4 is 39.1 Å². The maximum atomic E-state index is 13.0. The predicted molar refractivity (Wildman–Crippen MR) is 93.7 cm³/mol. The first-order valence-electron chi connectivity index (χ1n) is 7.76. The average Bonchev–Trinajstić information content (AvgIpc) is 3.19. The predicted octanol–water partition coefficient (Wildman–Crippen LogP) is 3.19. The van der Waals surface area contributed by atoms with E-state index in [1.165, 1.54) is 24.0 Å². The van der Waals surface area contributed by atoms with Gasteiger partial charge < -0.3 is 11.1 Å². The number of anilines is 1. The normalized spacial score (nSPS) is 11.7. The number of nitrogens with two attached hydrogens (primary N) is 1. The first-order valence-corrected chi connectivity index (χ1v) is 8.58. The maximum Gasteiger partial charge on any atom is 0.433 e. The van der Waals surface area contributed by atoms with E-state index in [0.717, 1.165) is 6.07 Å². The molecule has 142 valence electrons. The van der Waals surface area contributed by atoms with Crippen molar-refractivity contribution in [3.05, 3.63) is 40.2 Å². The lowest BCUT2D eigenvalue weighted by Gasteiger charge is -2.09. The second kappa shape index (κ2) is 6.65. The smallest absolute Gasteiger partial charge is 0.365 e. The molecule has 0 unspecified atom stereocenters. The van der Waals surface area contributed by atoms with Crippen molar-refractivity contribution in [2.45, 2.75) is 26.6 Å². The molecular weight excluding hydrogens is 383 g/mol. The number of primary amides is 1. The first kappa shape index (κ1) is 18.8. The highest BCUT2D eigenvalue weighted by atomic mass is 32.1. The molecular formula is C16H14F3N5O2S. The molecule has 0 aliphatic rings. The Morgan fingerprint density at radius 3 is 2.63 bits per heavy atom. The van der Waals surface area contributed by atoms with Crippen LogP contribution in [0.5, 0.6) is 0 Å². The van der Waals surface area contributed by atoms with Gasteiger partial charge in [-0.15, -0.1) is 11.3 Å². The van der Waals surface area contributed by atoms with Crippen molar-refractivity contribution in [3.63, 3.8) is 0 Å². The highest BCUT2D eigenvalue weighted by Gasteiger charge is 2.34. The summed E-state index contributed by atoms with van der Waals surface area (Å²) in [5.74, 6) is -1.43. The molecule has 3 heterocycles. The zero-order valence-corrected chi connectivity index (χ0v) is 15.0. The summed E-state index contributed by atoms with van der Waals surface area (Å²) < 4.78 is 40.5. The van der Waals surface area contributed by atoms with Crippen molar-refractivity contribution in [1.29, 1.82) is 0 Å². The second-order valence-corrected chi connectivity index (χ2v) is 6.71. The van der Waals surface area contributed by atoms with Gasteiger partial charge in [0.05, 0.1) is 17.4 Å². The molecule has 3 aromatic heterocycles. The van der Waals surface area contributed by atoms with E-state index in [1.807, 2.05) is 6.92 Å². The number of nitrogens with one attached hydrogen (secondary N) is 1. The molecule has 0 atom stereocenters. The fourth-order valence-electron chi connectivity index (χ4n) is 2.56. The summed E-state index contributed by atoms with van der Waals surface area (Å²) in [4.78, 5) is 27.7. The van der Waals surface area contributed by atoms with Gasteiger partial charge in [0.15, 0.2) is 0 Å². The number of aryl methyl sites for hydroxylation is 2. The summed E-state index contributed by atoms with van der Waals surface area (Å²) in [6.45, 7) is 3.85. The summed E-state index contributed by atoms with van der Waals surface area (Å²) in [6.07, 6.45) is -1.77. The molecule has 3 N–H and O–H groups in total. The van der Waals surface area contributed by atoms with E-state index in [-0.39, 0.29) is 31.9 Å². The van der Waals surface area contributed by atoms with Gasteiger partial charge in [0.2, 0.25) is 0 Å². The number of fused-ring (bicyclic) bond motifs is 1. The van der Waals surface area contributed by atoms with E-state index < -0.39 is 23.7 Å². The standard InChI is InChI=1S/C16H14F3N5O2S/c1-3-24-6-8(5-21-24)14(26)23-11-10-7(2)4-9(16(17,18)19)22-15(10)27-12(11)13(20)25/h4-6H,3H2,1-2H3,(H2,20,25)(H,23,26). The fraction of sp³-hybridized carbons (Fsp3) is 0.250. The van der Waals surface area contributed by atoms with Gasteiger partial charge in [-0.05, 0) is 25.5 Å². The second-order valence-electron chi connectivity index (χ2n) is 5.71. The molecule has 0 bridgehead atoms. The average molecular weight is 397 g/mol. The number of halogens is 3. The quantitative estimate of drug-likeness (QED) is 0.706. The third kappa shape index (κ3) is 3.50. The number of pyridine rings is 1. The van der Waals surface area contributed by atoms with Gasteiger partial charge in [-0.25, -0.2) is 4.98 Å². The number of alkyl halides is 3. The van der Waals surface area contributed by atoms with Crippen LogP contribution in [0.1, 0.15) is 38.2 Å². The number of aromatic nitrogens is 3. The molecule has 3 rings (SSSR count). The van der Waals surface area contributed by atoms with Crippen molar-refractivity contribution < 1.29 is 22.8 Å². The van der Waals surface area contributed by atoms with Crippen molar-refractivity contribution in [1.82, 2.24) is 14.8 Å². The minimum absolute atomic E-state index is 0.0318. The number of carbonyl (C=O) groups is 2. The van der Waals surface area contributed by atoms with Crippen LogP contribution in [0, 0.1) is 6.92 Å². The summed E-state index contributed by atoms with van der Waals surface area (Å²) in [7, 11) is 0. The lowest BCUT2D eigenvalue weighted by Crippen LogP contribution is -2.16. The summed E-state index contributed by atoms with van der Waals surface area (Å²) in [6, 6.07) is 0.866. The van der Waals surface area contributed by atoms with Gasteiger partial charge in [-0.2, -0.15) is 18.3 Å². The Bertz CT molecular complexity index is 1050. The molecule has 3 aromatic rings. The Kier molecular flexibility index (Phi) is 4.64. The van der Waals surface area contributed by atoms with Crippen LogP contribution in [0.3, 0.4) is 0 Å². The lowest BCUT2D eigenvalue weighted by molar-refractivity contribution is -0.141. The molecule has 0 aliphatic heterocycles. The monoisotopic (exact) mass is 397 g/mol. The Morgan fingerprint density at radius 1 is 1.37 bits per heavy atom. The summed E-state index contributed by atoms with van der Waals surface area (Å²) >= 11 is 0.702. The number of nitrogens with zero attached hydrogens (tertiary/aromatic N) is 3. The molecule has 0 aliphatic carbocycles. The van der Waals surface area contributed by atoms with E-state index in [0.29, 0.717) is 17.9 Å². The topological polar surface area (TPSA) is 103 Å². The number of rotatable bonds is 4. The molecule has 7 nitrogen and oxygen atoms in total. The van der Waals surface area contributed by atoms with Crippen molar-refractivity contribution in [2.24, 2.45) is 5.73 Å². The number of thiophene rings is 1. The van der Waals surface area contributed by atoms with E-state index in [9.17, 15) is 22.8 Å². The van der Waals surface area contributed by atoms with E-state index in [1.54, 1.807) is 0 Å². The van der Waals surface area contributed by atoms with E-state index >= 15 is 0 Å². The Morgan fingerprint density at radius 2 is 2.07 bits per heavy atom. The molecule has 27 heavy (non-hydrogen) atoms. The van der Waals surface area contributed by atoms with Crippen LogP contribution in [0.4, 0.5) is 18.9 Å². The number of amides is 2. The van der Waals surface area contributed by atoms with Crippen LogP contribution in [0.2, 0.25) is 0 Å². The van der Waals surface area contributed by atoms with Crippen LogP contribution in [0.25, 0.3) is 10.2 Å². The van der Waals surface area contributed by atoms with Gasteiger partial charge in [0.25, 0.3) is 11.8 Å². The van der Waals surface area contributed by atoms with Crippen molar-refractivity contribution in [2.75, 3.05) is 5.32 Å². The molecule has 2 amide bonds. The number of hydrogen-bond acceptors (Lipinski definition) is 5. The van der Waals surface area contributed by atoms with Crippen molar-refractivity contribution in [3.8, 4) is 0 Å². The molecule has 0 spiro atoms. The fourth-order valence-corrected chi connectivity index (χ4v) is 3.62. The molecule has 0 radical (unpaired) electrons. The van der Waals surface area contributed by atoms with Crippen LogP contribution in [-0.4, -0.2) is 26.6 Å². The third-order valence-corrected chi connectivity index (χ3v) is 4.93. The molecule has 0 aromatic carbocycles. The Labute approximate surface area is 155 Å². The summed E-state index contributed by atoms with van der Waals surface area (Å²) in [5.41, 5.74) is 4.78. The number of hydrogen-bond donors (Lipinski definition) is 2. The third-order valence-electron chi connectivity index (χ3n) is 3.83. The van der Waals surface area contributed by atoms with Crippen LogP contribution < -0.4 is 11.1 Å². The largest absolute Gasteiger partial charge is 0.433 e. The molecule has 11 heteroatoms. The highest BCUT2D eigenvalue weighted by Crippen LogP contribution is 2.39. The summed E-state index contributed by atoms with van der Waals surface area (Å²) in [5, 5.41) is 6.80.